The Kier molecular flexibility index (Phi) is 4.01. The SMILES string of the molecule is CCn1ccc(C(=O)N2CCC(c3nc(-c4ccncc4)no3)C2)n1. The van der Waals surface area contributed by atoms with Crippen molar-refractivity contribution in [3.05, 3.63) is 48.4 Å². The number of carbonyl (C=O) groups is 1. The van der Waals surface area contributed by atoms with Crippen molar-refractivity contribution in [1.82, 2.24) is 29.8 Å². The molecule has 0 aliphatic carbocycles. The Morgan fingerprint density at radius 3 is 2.92 bits per heavy atom. The quantitative estimate of drug-likeness (QED) is 0.722. The highest BCUT2D eigenvalue weighted by Gasteiger charge is 2.32. The standard InChI is InChI=1S/C17H18N6O2/c1-2-23-10-6-14(20-23)17(24)22-9-5-13(11-22)16-19-15(21-25-16)12-3-7-18-8-4-12/h3-4,6-8,10,13H,2,5,9,11H2,1H3. The molecule has 1 fully saturated rings. The molecule has 0 radical (unpaired) electrons. The number of aromatic nitrogens is 5. The lowest BCUT2D eigenvalue weighted by atomic mass is 10.1. The smallest absolute Gasteiger partial charge is 0.274 e. The summed E-state index contributed by atoms with van der Waals surface area (Å²) in [7, 11) is 0. The molecule has 3 aromatic heterocycles. The molecule has 8 nitrogen and oxygen atoms in total. The predicted octanol–water partition coefficient (Wildman–Crippen LogP) is 1.98. The van der Waals surface area contributed by atoms with Crippen molar-refractivity contribution in [2.24, 2.45) is 0 Å². The third kappa shape index (κ3) is 3.02. The van der Waals surface area contributed by atoms with Crippen LogP contribution in [0.2, 0.25) is 0 Å². The van der Waals surface area contributed by atoms with E-state index in [0.29, 0.717) is 30.5 Å². The number of rotatable bonds is 4. The third-order valence-corrected chi connectivity index (χ3v) is 4.39. The van der Waals surface area contributed by atoms with Crippen LogP contribution in [0, 0.1) is 0 Å². The van der Waals surface area contributed by atoms with Crippen LogP contribution in [0.4, 0.5) is 0 Å². The van der Waals surface area contributed by atoms with Crippen LogP contribution in [0.25, 0.3) is 11.4 Å². The van der Waals surface area contributed by atoms with Gasteiger partial charge in [-0.1, -0.05) is 5.16 Å². The van der Waals surface area contributed by atoms with Crippen LogP contribution in [0.5, 0.6) is 0 Å². The maximum absolute atomic E-state index is 12.6. The second-order valence-corrected chi connectivity index (χ2v) is 5.99. The predicted molar refractivity (Wildman–Crippen MR) is 88.7 cm³/mol. The molecule has 0 aromatic carbocycles. The molecule has 1 aliphatic rings. The number of amides is 1. The van der Waals surface area contributed by atoms with Crippen LogP contribution in [0.15, 0.2) is 41.3 Å². The Bertz CT molecular complexity index is 872. The number of hydrogen-bond acceptors (Lipinski definition) is 6. The maximum atomic E-state index is 12.6. The molecular weight excluding hydrogens is 320 g/mol. The monoisotopic (exact) mass is 338 g/mol. The summed E-state index contributed by atoms with van der Waals surface area (Å²) in [6.45, 7) is 3.96. The second kappa shape index (κ2) is 6.46. The molecule has 1 unspecified atom stereocenters. The Hall–Kier alpha value is -3.03. The number of aryl methyl sites for hydroxylation is 1. The number of carbonyl (C=O) groups excluding carboxylic acids is 1. The Morgan fingerprint density at radius 2 is 2.16 bits per heavy atom. The van der Waals surface area contributed by atoms with E-state index in [0.717, 1.165) is 18.5 Å². The van der Waals surface area contributed by atoms with E-state index in [1.54, 1.807) is 28.0 Å². The number of pyridine rings is 1. The molecule has 1 saturated heterocycles. The van der Waals surface area contributed by atoms with Crippen LogP contribution < -0.4 is 0 Å². The van der Waals surface area contributed by atoms with E-state index in [9.17, 15) is 4.79 Å². The van der Waals surface area contributed by atoms with Gasteiger partial charge >= 0.3 is 0 Å². The minimum Gasteiger partial charge on any atom is -0.339 e. The zero-order valence-corrected chi connectivity index (χ0v) is 13.9. The average Bonchev–Trinajstić information content (AvgIpc) is 3.41. The van der Waals surface area contributed by atoms with Crippen LogP contribution in [-0.4, -0.2) is 48.8 Å². The molecule has 1 aliphatic heterocycles. The normalized spacial score (nSPS) is 17.2. The van der Waals surface area contributed by atoms with Crippen molar-refractivity contribution in [1.29, 1.82) is 0 Å². The molecule has 0 N–H and O–H groups in total. The van der Waals surface area contributed by atoms with Crippen molar-refractivity contribution in [3.63, 3.8) is 0 Å². The summed E-state index contributed by atoms with van der Waals surface area (Å²) < 4.78 is 7.17. The molecule has 4 heterocycles. The van der Waals surface area contributed by atoms with E-state index < -0.39 is 0 Å². The second-order valence-electron chi connectivity index (χ2n) is 5.99. The fraction of sp³-hybridized carbons (Fsp3) is 0.353. The lowest BCUT2D eigenvalue weighted by molar-refractivity contribution is 0.0783. The van der Waals surface area contributed by atoms with E-state index >= 15 is 0 Å². The van der Waals surface area contributed by atoms with Gasteiger partial charge < -0.3 is 9.42 Å². The molecule has 4 rings (SSSR count). The summed E-state index contributed by atoms with van der Waals surface area (Å²) in [6.07, 6.45) is 6.01. The topological polar surface area (TPSA) is 89.9 Å². The van der Waals surface area contributed by atoms with Crippen molar-refractivity contribution in [2.45, 2.75) is 25.8 Å². The largest absolute Gasteiger partial charge is 0.339 e. The van der Waals surface area contributed by atoms with Crippen molar-refractivity contribution >= 4 is 5.91 Å². The fourth-order valence-electron chi connectivity index (χ4n) is 2.98. The van der Waals surface area contributed by atoms with E-state index in [2.05, 4.69) is 20.2 Å². The summed E-state index contributed by atoms with van der Waals surface area (Å²) in [5.41, 5.74) is 1.34. The van der Waals surface area contributed by atoms with Crippen molar-refractivity contribution < 1.29 is 9.32 Å². The highest BCUT2D eigenvalue weighted by atomic mass is 16.5. The van der Waals surface area contributed by atoms with Crippen LogP contribution in [0.1, 0.15) is 35.6 Å². The third-order valence-electron chi connectivity index (χ3n) is 4.39. The molecular formula is C17H18N6O2. The highest BCUT2D eigenvalue weighted by Crippen LogP contribution is 2.28. The van der Waals surface area contributed by atoms with Crippen LogP contribution in [-0.2, 0) is 6.54 Å². The summed E-state index contributed by atoms with van der Waals surface area (Å²) in [5.74, 6) is 1.12. The minimum atomic E-state index is -0.0522. The van der Waals surface area contributed by atoms with E-state index in [4.69, 9.17) is 4.52 Å². The molecule has 0 saturated carbocycles. The molecule has 128 valence electrons. The summed E-state index contributed by atoms with van der Waals surface area (Å²) in [5, 5.41) is 8.32. The first-order valence-corrected chi connectivity index (χ1v) is 8.31. The molecule has 8 heteroatoms. The van der Waals surface area contributed by atoms with Crippen molar-refractivity contribution in [2.75, 3.05) is 13.1 Å². The van der Waals surface area contributed by atoms with Gasteiger partial charge in [0.15, 0.2) is 0 Å². The zero-order chi connectivity index (χ0) is 17.2. The van der Waals surface area contributed by atoms with Gasteiger partial charge in [0.05, 0.1) is 5.92 Å². The fourth-order valence-corrected chi connectivity index (χ4v) is 2.98. The maximum Gasteiger partial charge on any atom is 0.274 e. The number of likely N-dealkylation sites (tertiary alicyclic amines) is 1. The number of hydrogen-bond donors (Lipinski definition) is 0. The van der Waals surface area contributed by atoms with Gasteiger partial charge in [0.25, 0.3) is 5.91 Å². The minimum absolute atomic E-state index is 0.0522. The van der Waals surface area contributed by atoms with Gasteiger partial charge in [-0.3, -0.25) is 14.5 Å². The molecule has 3 aromatic rings. The van der Waals surface area contributed by atoms with Crippen LogP contribution in [0.3, 0.4) is 0 Å². The summed E-state index contributed by atoms with van der Waals surface area (Å²) in [4.78, 5) is 22.8. The van der Waals surface area contributed by atoms with Gasteiger partial charge in [-0.25, -0.2) is 0 Å². The zero-order valence-electron chi connectivity index (χ0n) is 13.9. The Labute approximate surface area is 144 Å². The van der Waals surface area contributed by atoms with Gasteiger partial charge in [0.2, 0.25) is 11.7 Å². The Balaban J connectivity index is 1.46. The van der Waals surface area contributed by atoms with E-state index in [-0.39, 0.29) is 11.8 Å². The first kappa shape index (κ1) is 15.5. The van der Waals surface area contributed by atoms with Crippen molar-refractivity contribution in [3.8, 4) is 11.4 Å². The molecule has 0 bridgehead atoms. The first-order chi connectivity index (χ1) is 12.2. The summed E-state index contributed by atoms with van der Waals surface area (Å²) >= 11 is 0. The van der Waals surface area contributed by atoms with Gasteiger partial charge in [-0.2, -0.15) is 10.1 Å². The van der Waals surface area contributed by atoms with Gasteiger partial charge in [-0.05, 0) is 31.5 Å². The Morgan fingerprint density at radius 1 is 1.32 bits per heavy atom. The molecule has 25 heavy (non-hydrogen) atoms. The van der Waals surface area contributed by atoms with E-state index in [1.807, 2.05) is 25.3 Å². The van der Waals surface area contributed by atoms with Gasteiger partial charge in [0, 0.05) is 43.8 Å². The van der Waals surface area contributed by atoms with E-state index in [1.165, 1.54) is 0 Å². The molecule has 1 amide bonds. The molecule has 1 atom stereocenters. The van der Waals surface area contributed by atoms with Gasteiger partial charge in [0.1, 0.15) is 5.69 Å². The lowest BCUT2D eigenvalue weighted by Gasteiger charge is -2.13. The number of nitrogens with zero attached hydrogens (tertiary/aromatic N) is 6. The highest BCUT2D eigenvalue weighted by molar-refractivity contribution is 5.92. The first-order valence-electron chi connectivity index (χ1n) is 8.31. The summed E-state index contributed by atoms with van der Waals surface area (Å²) in [6, 6.07) is 5.43. The van der Waals surface area contributed by atoms with Crippen LogP contribution >= 0.6 is 0 Å². The average molecular weight is 338 g/mol. The lowest BCUT2D eigenvalue weighted by Crippen LogP contribution is -2.29. The molecule has 0 spiro atoms. The van der Waals surface area contributed by atoms with Gasteiger partial charge in [-0.15, -0.1) is 0 Å².